The molecule has 0 aromatic heterocycles. The van der Waals surface area contributed by atoms with E-state index in [4.69, 9.17) is 9.84 Å². The van der Waals surface area contributed by atoms with Crippen LogP contribution in [0.5, 0.6) is 5.75 Å². The molecule has 6 nitrogen and oxygen atoms in total. The topological polar surface area (TPSA) is 92.7 Å². The van der Waals surface area contributed by atoms with Crippen LogP contribution in [-0.2, 0) is 14.8 Å². The Kier molecular flexibility index (Phi) is 5.97. The summed E-state index contributed by atoms with van der Waals surface area (Å²) < 4.78 is 32.0. The normalized spacial score (nSPS) is 12.9. The molecule has 1 rings (SSSR count). The molecular weight excluding hydrogens is 350 g/mol. The fourth-order valence-electron chi connectivity index (χ4n) is 1.59. The van der Waals surface area contributed by atoms with Gasteiger partial charge in [0.15, 0.2) is 0 Å². The van der Waals surface area contributed by atoms with Crippen LogP contribution in [0.25, 0.3) is 0 Å². The first kappa shape index (κ1) is 16.9. The Labute approximate surface area is 126 Å². The third-order valence-corrected chi connectivity index (χ3v) is 5.07. The van der Waals surface area contributed by atoms with Gasteiger partial charge >= 0.3 is 5.97 Å². The quantitative estimate of drug-likeness (QED) is 0.770. The molecule has 0 radical (unpaired) electrons. The molecule has 0 saturated carbocycles. The molecule has 1 aromatic rings. The number of aliphatic carboxylic acids is 1. The number of hydrogen-bond acceptors (Lipinski definition) is 4. The number of nitrogens with one attached hydrogen (secondary N) is 1. The molecule has 1 unspecified atom stereocenters. The van der Waals surface area contributed by atoms with Gasteiger partial charge in [-0.3, -0.25) is 4.79 Å². The van der Waals surface area contributed by atoms with E-state index in [1.165, 1.54) is 19.2 Å². The number of carboxylic acids is 1. The minimum Gasteiger partial charge on any atom is -0.497 e. The molecule has 1 atom stereocenters. The summed E-state index contributed by atoms with van der Waals surface area (Å²) in [6.45, 7) is 1.78. The van der Waals surface area contributed by atoms with E-state index in [1.807, 2.05) is 0 Å². The first-order chi connectivity index (χ1) is 9.31. The van der Waals surface area contributed by atoms with Gasteiger partial charge in [0.05, 0.1) is 12.0 Å². The van der Waals surface area contributed by atoms with Gasteiger partial charge in [-0.1, -0.05) is 13.3 Å². The highest BCUT2D eigenvalue weighted by molar-refractivity contribution is 9.10. The van der Waals surface area contributed by atoms with Crippen LogP contribution in [0, 0.1) is 0 Å². The van der Waals surface area contributed by atoms with Gasteiger partial charge in [-0.05, 0) is 34.5 Å². The average Bonchev–Trinajstić information content (AvgIpc) is 2.38. The van der Waals surface area contributed by atoms with E-state index in [2.05, 4.69) is 20.7 Å². The number of benzene rings is 1. The van der Waals surface area contributed by atoms with Gasteiger partial charge in [0.1, 0.15) is 11.8 Å². The van der Waals surface area contributed by atoms with Gasteiger partial charge in [-0.15, -0.1) is 0 Å². The lowest BCUT2D eigenvalue weighted by atomic mass is 10.2. The molecule has 1 aromatic carbocycles. The maximum absolute atomic E-state index is 12.3. The molecule has 8 heteroatoms. The molecule has 0 spiro atoms. The molecular formula is C12H16BrNO5S. The van der Waals surface area contributed by atoms with Crippen molar-refractivity contribution in [2.75, 3.05) is 7.11 Å². The fourth-order valence-corrected chi connectivity index (χ4v) is 3.79. The van der Waals surface area contributed by atoms with Crippen molar-refractivity contribution in [1.29, 1.82) is 0 Å². The number of carbonyl (C=O) groups is 1. The van der Waals surface area contributed by atoms with Crippen LogP contribution in [0.4, 0.5) is 0 Å². The summed E-state index contributed by atoms with van der Waals surface area (Å²) in [4.78, 5) is 11.0. The molecule has 0 fully saturated rings. The monoisotopic (exact) mass is 365 g/mol. The molecule has 0 bridgehead atoms. The molecule has 0 aliphatic heterocycles. The van der Waals surface area contributed by atoms with E-state index < -0.39 is 22.0 Å². The first-order valence-electron chi connectivity index (χ1n) is 5.90. The molecule has 0 heterocycles. The Hall–Kier alpha value is -1.12. The van der Waals surface area contributed by atoms with Gasteiger partial charge < -0.3 is 9.84 Å². The predicted octanol–water partition coefficient (Wildman–Crippen LogP) is 1.99. The zero-order valence-corrected chi connectivity index (χ0v) is 13.5. The largest absolute Gasteiger partial charge is 0.497 e. The van der Waals surface area contributed by atoms with Crippen molar-refractivity contribution in [2.24, 2.45) is 0 Å². The number of carboxylic acid groups (broad SMARTS) is 1. The zero-order valence-electron chi connectivity index (χ0n) is 11.1. The van der Waals surface area contributed by atoms with E-state index in [0.29, 0.717) is 16.6 Å². The van der Waals surface area contributed by atoms with E-state index >= 15 is 0 Å². The van der Waals surface area contributed by atoms with Crippen molar-refractivity contribution in [2.45, 2.75) is 30.7 Å². The van der Waals surface area contributed by atoms with Crippen LogP contribution in [0.3, 0.4) is 0 Å². The van der Waals surface area contributed by atoms with Crippen LogP contribution in [0.2, 0.25) is 0 Å². The fraction of sp³-hybridized carbons (Fsp3) is 0.417. The lowest BCUT2D eigenvalue weighted by Gasteiger charge is -2.15. The number of rotatable bonds is 7. The second-order valence-corrected chi connectivity index (χ2v) is 6.63. The Morgan fingerprint density at radius 3 is 2.65 bits per heavy atom. The second-order valence-electron chi connectivity index (χ2n) is 4.10. The standard InChI is InChI=1S/C12H16BrNO5S/c1-3-4-10(12(15)16)14-20(17,18)11-7-8(19-2)5-6-9(11)13/h5-7,10,14H,3-4H2,1-2H3,(H,15,16). The highest BCUT2D eigenvalue weighted by Crippen LogP contribution is 2.26. The van der Waals surface area contributed by atoms with Gasteiger partial charge in [0.25, 0.3) is 0 Å². The number of sulfonamides is 1. The van der Waals surface area contributed by atoms with E-state index in [1.54, 1.807) is 13.0 Å². The maximum atomic E-state index is 12.3. The van der Waals surface area contributed by atoms with Gasteiger partial charge in [0.2, 0.25) is 10.0 Å². The average molecular weight is 366 g/mol. The Bertz CT molecular complexity index is 588. The summed E-state index contributed by atoms with van der Waals surface area (Å²) in [6.07, 6.45) is 0.773. The SMILES string of the molecule is CCCC(NS(=O)(=O)c1cc(OC)ccc1Br)C(=O)O. The molecule has 20 heavy (non-hydrogen) atoms. The van der Waals surface area contributed by atoms with Crippen molar-refractivity contribution >= 4 is 31.9 Å². The highest BCUT2D eigenvalue weighted by Gasteiger charge is 2.26. The molecule has 0 amide bonds. The summed E-state index contributed by atoms with van der Waals surface area (Å²) in [6, 6.07) is 3.31. The van der Waals surface area contributed by atoms with Crippen LogP contribution in [-0.4, -0.2) is 32.6 Å². The second kappa shape index (κ2) is 7.05. The number of halogens is 1. The Balaban J connectivity index is 3.13. The lowest BCUT2D eigenvalue weighted by Crippen LogP contribution is -2.40. The summed E-state index contributed by atoms with van der Waals surface area (Å²) in [5.74, 6) is -0.828. The van der Waals surface area contributed by atoms with Crippen molar-refractivity contribution in [3.8, 4) is 5.75 Å². The van der Waals surface area contributed by atoms with E-state index in [0.717, 1.165) is 0 Å². The van der Waals surface area contributed by atoms with Crippen LogP contribution < -0.4 is 9.46 Å². The molecule has 112 valence electrons. The molecule has 0 saturated heterocycles. The Morgan fingerprint density at radius 2 is 2.15 bits per heavy atom. The minimum absolute atomic E-state index is 0.0563. The van der Waals surface area contributed by atoms with Crippen molar-refractivity contribution in [3.63, 3.8) is 0 Å². The number of methoxy groups -OCH3 is 1. The number of hydrogen-bond donors (Lipinski definition) is 2. The summed E-state index contributed by atoms with van der Waals surface area (Å²) in [5.41, 5.74) is 0. The third kappa shape index (κ3) is 4.19. The number of ether oxygens (including phenoxy) is 1. The lowest BCUT2D eigenvalue weighted by molar-refractivity contribution is -0.139. The van der Waals surface area contributed by atoms with Crippen LogP contribution in [0.15, 0.2) is 27.6 Å². The third-order valence-electron chi connectivity index (χ3n) is 2.60. The molecule has 0 aliphatic carbocycles. The van der Waals surface area contributed by atoms with Crippen molar-refractivity contribution < 1.29 is 23.1 Å². The van der Waals surface area contributed by atoms with Gasteiger partial charge in [-0.25, -0.2) is 8.42 Å². The highest BCUT2D eigenvalue weighted by atomic mass is 79.9. The first-order valence-corrected chi connectivity index (χ1v) is 8.18. The van der Waals surface area contributed by atoms with E-state index in [-0.39, 0.29) is 11.3 Å². The van der Waals surface area contributed by atoms with E-state index in [9.17, 15) is 13.2 Å². The van der Waals surface area contributed by atoms with Gasteiger partial charge in [0, 0.05) is 10.5 Å². The van der Waals surface area contributed by atoms with Crippen LogP contribution >= 0.6 is 15.9 Å². The Morgan fingerprint density at radius 1 is 1.50 bits per heavy atom. The zero-order chi connectivity index (χ0) is 15.3. The summed E-state index contributed by atoms with van der Waals surface area (Å²) in [5, 5.41) is 9.02. The van der Waals surface area contributed by atoms with Crippen LogP contribution in [0.1, 0.15) is 19.8 Å². The maximum Gasteiger partial charge on any atom is 0.321 e. The minimum atomic E-state index is -3.95. The molecule has 2 N–H and O–H groups in total. The van der Waals surface area contributed by atoms with Gasteiger partial charge in [-0.2, -0.15) is 4.72 Å². The summed E-state index contributed by atoms with van der Waals surface area (Å²) in [7, 11) is -2.53. The summed E-state index contributed by atoms with van der Waals surface area (Å²) >= 11 is 3.14. The van der Waals surface area contributed by atoms with Crippen molar-refractivity contribution in [1.82, 2.24) is 4.72 Å². The van der Waals surface area contributed by atoms with Crippen molar-refractivity contribution in [3.05, 3.63) is 22.7 Å². The predicted molar refractivity (Wildman–Crippen MR) is 77.3 cm³/mol. The molecule has 0 aliphatic rings. The smallest absolute Gasteiger partial charge is 0.321 e.